The number of H-pyrrole nitrogens is 1. The minimum atomic E-state index is -0.190. The van der Waals surface area contributed by atoms with Gasteiger partial charge in [0.05, 0.1) is 12.1 Å². The van der Waals surface area contributed by atoms with Crippen LogP contribution in [0, 0.1) is 0 Å². The molecule has 3 heterocycles. The lowest BCUT2D eigenvalue weighted by atomic mass is 10.1. The van der Waals surface area contributed by atoms with Crippen LogP contribution < -0.4 is 5.69 Å². The van der Waals surface area contributed by atoms with E-state index in [1.807, 2.05) is 42.5 Å². The van der Waals surface area contributed by atoms with Gasteiger partial charge in [0.1, 0.15) is 0 Å². The third kappa shape index (κ3) is 2.70. The second kappa shape index (κ2) is 5.94. The maximum absolute atomic E-state index is 12.3. The molecule has 4 rings (SSSR count). The predicted molar refractivity (Wildman–Crippen MR) is 94.1 cm³/mol. The lowest BCUT2D eigenvalue weighted by Crippen LogP contribution is -2.17. The summed E-state index contributed by atoms with van der Waals surface area (Å²) in [6.07, 6.45) is 5.19. The SMILES string of the molecule is O=c1[nH]c2ncc(-c3cccc(Cl)c3)cc2n1Cc1cccnc1. The van der Waals surface area contributed by atoms with E-state index < -0.39 is 0 Å². The van der Waals surface area contributed by atoms with Crippen molar-refractivity contribution in [2.75, 3.05) is 0 Å². The van der Waals surface area contributed by atoms with Crippen molar-refractivity contribution in [2.24, 2.45) is 0 Å². The smallest absolute Gasteiger partial charge is 0.290 e. The Kier molecular flexibility index (Phi) is 3.63. The number of hydrogen-bond acceptors (Lipinski definition) is 3. The summed E-state index contributed by atoms with van der Waals surface area (Å²) in [4.78, 5) is 23.5. The molecular weight excluding hydrogens is 324 g/mol. The van der Waals surface area contributed by atoms with Crippen molar-refractivity contribution in [3.05, 3.63) is 82.1 Å². The third-order valence-electron chi connectivity index (χ3n) is 3.85. The summed E-state index contributed by atoms with van der Waals surface area (Å²) in [6.45, 7) is 0.438. The van der Waals surface area contributed by atoms with Crippen LogP contribution in [-0.4, -0.2) is 19.5 Å². The number of fused-ring (bicyclic) bond motifs is 1. The van der Waals surface area contributed by atoms with Crippen LogP contribution >= 0.6 is 11.6 Å². The van der Waals surface area contributed by atoms with E-state index in [4.69, 9.17) is 11.6 Å². The average Bonchev–Trinajstić information content (AvgIpc) is 2.91. The second-order valence-electron chi connectivity index (χ2n) is 5.48. The molecule has 0 aliphatic rings. The molecule has 0 amide bonds. The highest BCUT2D eigenvalue weighted by molar-refractivity contribution is 6.30. The van der Waals surface area contributed by atoms with Crippen LogP contribution in [0.4, 0.5) is 0 Å². The largest absolute Gasteiger partial charge is 0.327 e. The van der Waals surface area contributed by atoms with Gasteiger partial charge in [0, 0.05) is 29.2 Å². The van der Waals surface area contributed by atoms with E-state index in [1.165, 1.54) is 0 Å². The molecule has 0 unspecified atom stereocenters. The van der Waals surface area contributed by atoms with Crippen molar-refractivity contribution >= 4 is 22.8 Å². The van der Waals surface area contributed by atoms with E-state index in [-0.39, 0.29) is 5.69 Å². The normalized spacial score (nSPS) is 11.0. The van der Waals surface area contributed by atoms with E-state index in [0.29, 0.717) is 17.2 Å². The van der Waals surface area contributed by atoms with Gasteiger partial charge in [-0.3, -0.25) is 14.5 Å². The molecule has 0 aliphatic heterocycles. The highest BCUT2D eigenvalue weighted by atomic mass is 35.5. The zero-order valence-electron chi connectivity index (χ0n) is 12.6. The summed E-state index contributed by atoms with van der Waals surface area (Å²) < 4.78 is 1.66. The van der Waals surface area contributed by atoms with Gasteiger partial charge in [0.2, 0.25) is 0 Å². The van der Waals surface area contributed by atoms with Crippen molar-refractivity contribution in [3.8, 4) is 11.1 Å². The molecule has 0 atom stereocenters. The van der Waals surface area contributed by atoms with Gasteiger partial charge >= 0.3 is 5.69 Å². The summed E-state index contributed by atoms with van der Waals surface area (Å²) in [5, 5.41) is 0.661. The predicted octanol–water partition coefficient (Wildman–Crippen LogP) is 3.49. The van der Waals surface area contributed by atoms with E-state index in [1.54, 1.807) is 23.2 Å². The van der Waals surface area contributed by atoms with Gasteiger partial charge in [0.15, 0.2) is 5.65 Å². The molecule has 6 heteroatoms. The topological polar surface area (TPSA) is 63.6 Å². The van der Waals surface area contributed by atoms with E-state index in [9.17, 15) is 4.79 Å². The molecular formula is C18H13ClN4O. The summed E-state index contributed by atoms with van der Waals surface area (Å²) >= 11 is 6.07. The molecule has 0 fully saturated rings. The minimum Gasteiger partial charge on any atom is -0.290 e. The van der Waals surface area contributed by atoms with Crippen molar-refractivity contribution in [1.82, 2.24) is 19.5 Å². The Morgan fingerprint density at radius 2 is 2.00 bits per heavy atom. The Labute approximate surface area is 142 Å². The molecule has 0 spiro atoms. The number of benzene rings is 1. The quantitative estimate of drug-likeness (QED) is 0.623. The Morgan fingerprint density at radius 3 is 2.79 bits per heavy atom. The first kappa shape index (κ1) is 14.7. The standard InChI is InChI=1S/C18H13ClN4O/c19-15-5-1-4-13(7-15)14-8-16-17(21-10-14)22-18(24)23(16)11-12-3-2-6-20-9-12/h1-10H,11H2,(H,21,22,24). The van der Waals surface area contributed by atoms with Crippen LogP contribution in [0.25, 0.3) is 22.3 Å². The summed E-state index contributed by atoms with van der Waals surface area (Å²) in [5.74, 6) is 0. The molecule has 0 radical (unpaired) electrons. The molecule has 1 N–H and O–H groups in total. The zero-order valence-corrected chi connectivity index (χ0v) is 13.4. The Bertz CT molecular complexity index is 1070. The van der Waals surface area contributed by atoms with Crippen molar-refractivity contribution < 1.29 is 0 Å². The lowest BCUT2D eigenvalue weighted by molar-refractivity contribution is 0.783. The van der Waals surface area contributed by atoms with E-state index in [0.717, 1.165) is 22.2 Å². The number of halogens is 1. The fraction of sp³-hybridized carbons (Fsp3) is 0.0556. The van der Waals surface area contributed by atoms with Crippen LogP contribution in [-0.2, 0) is 6.54 Å². The number of pyridine rings is 2. The van der Waals surface area contributed by atoms with Gasteiger partial charge in [0.25, 0.3) is 0 Å². The first-order valence-corrected chi connectivity index (χ1v) is 7.82. The molecule has 0 saturated carbocycles. The molecule has 118 valence electrons. The highest BCUT2D eigenvalue weighted by Gasteiger charge is 2.10. The molecule has 24 heavy (non-hydrogen) atoms. The second-order valence-corrected chi connectivity index (χ2v) is 5.92. The fourth-order valence-electron chi connectivity index (χ4n) is 2.69. The van der Waals surface area contributed by atoms with Crippen molar-refractivity contribution in [2.45, 2.75) is 6.54 Å². The van der Waals surface area contributed by atoms with Gasteiger partial charge in [-0.05, 0) is 35.4 Å². The van der Waals surface area contributed by atoms with Crippen molar-refractivity contribution in [3.63, 3.8) is 0 Å². The molecule has 4 aromatic rings. The summed E-state index contributed by atoms with van der Waals surface area (Å²) in [7, 11) is 0. The molecule has 0 aliphatic carbocycles. The van der Waals surface area contributed by atoms with Crippen LogP contribution in [0.15, 0.2) is 65.8 Å². The monoisotopic (exact) mass is 336 g/mol. The molecule has 3 aromatic heterocycles. The van der Waals surface area contributed by atoms with Crippen LogP contribution in [0.1, 0.15) is 5.56 Å². The minimum absolute atomic E-state index is 0.190. The van der Waals surface area contributed by atoms with Gasteiger partial charge < -0.3 is 0 Å². The first-order chi connectivity index (χ1) is 11.7. The third-order valence-corrected chi connectivity index (χ3v) is 4.09. The highest BCUT2D eigenvalue weighted by Crippen LogP contribution is 2.24. The van der Waals surface area contributed by atoms with Gasteiger partial charge in [-0.15, -0.1) is 0 Å². The van der Waals surface area contributed by atoms with Gasteiger partial charge in [-0.1, -0.05) is 29.8 Å². The number of hydrogen-bond donors (Lipinski definition) is 1. The summed E-state index contributed by atoms with van der Waals surface area (Å²) in [6, 6.07) is 13.3. The van der Waals surface area contributed by atoms with Crippen LogP contribution in [0.2, 0.25) is 5.02 Å². The number of nitrogens with zero attached hydrogens (tertiary/aromatic N) is 3. The number of imidazole rings is 1. The zero-order chi connectivity index (χ0) is 16.5. The van der Waals surface area contributed by atoms with E-state index in [2.05, 4.69) is 15.0 Å². The fourth-order valence-corrected chi connectivity index (χ4v) is 2.88. The maximum Gasteiger partial charge on any atom is 0.327 e. The number of rotatable bonds is 3. The molecule has 0 saturated heterocycles. The Morgan fingerprint density at radius 1 is 1.08 bits per heavy atom. The average molecular weight is 337 g/mol. The maximum atomic E-state index is 12.3. The number of nitrogens with one attached hydrogen (secondary N) is 1. The van der Waals surface area contributed by atoms with Crippen LogP contribution in [0.5, 0.6) is 0 Å². The Balaban J connectivity index is 1.84. The lowest BCUT2D eigenvalue weighted by Gasteiger charge is -2.05. The van der Waals surface area contributed by atoms with Crippen LogP contribution in [0.3, 0.4) is 0 Å². The molecule has 1 aromatic carbocycles. The summed E-state index contributed by atoms with van der Waals surface area (Å²) in [5.41, 5.74) is 3.94. The van der Waals surface area contributed by atoms with E-state index >= 15 is 0 Å². The number of aromatic amines is 1. The van der Waals surface area contributed by atoms with Gasteiger partial charge in [-0.25, -0.2) is 9.78 Å². The number of aromatic nitrogens is 4. The first-order valence-electron chi connectivity index (χ1n) is 7.44. The molecule has 0 bridgehead atoms. The van der Waals surface area contributed by atoms with Crippen molar-refractivity contribution in [1.29, 1.82) is 0 Å². The molecule has 5 nitrogen and oxygen atoms in total. The Hall–Kier alpha value is -2.92. The van der Waals surface area contributed by atoms with Gasteiger partial charge in [-0.2, -0.15) is 0 Å².